The van der Waals surface area contributed by atoms with Crippen LogP contribution in [-0.4, -0.2) is 26.4 Å². The lowest BCUT2D eigenvalue weighted by Crippen LogP contribution is -2.50. The fraction of sp³-hybridized carbons (Fsp3) is 0.409. The molecule has 0 saturated heterocycles. The maximum absolute atomic E-state index is 14.1. The van der Waals surface area contributed by atoms with E-state index in [2.05, 4.69) is 10.0 Å². The summed E-state index contributed by atoms with van der Waals surface area (Å²) in [6.45, 7) is 0. The first-order valence-electron chi connectivity index (χ1n) is 10.1. The second kappa shape index (κ2) is 9.98. The summed E-state index contributed by atoms with van der Waals surface area (Å²) in [6.07, 6.45) is 6.38. The first-order valence-corrected chi connectivity index (χ1v) is 11.6. The first kappa shape index (κ1) is 21.5. The zero-order valence-corrected chi connectivity index (χ0v) is 17.1. The molecule has 1 amide bonds. The molecule has 0 heterocycles. The standard InChI is InChI=1S/C22H27FN2O3S/c23-19-14-8-9-15-21(19)29(27,28)25-20(16-17-10-4-3-5-11-17)22(26)24-18-12-6-1-2-7-13-18/h3-5,8-11,14-15,18,20,25H,1-2,6-7,12-13,16H2,(H,24,26). The van der Waals surface area contributed by atoms with Crippen LogP contribution in [0.4, 0.5) is 4.39 Å². The van der Waals surface area contributed by atoms with Crippen molar-refractivity contribution in [2.24, 2.45) is 0 Å². The van der Waals surface area contributed by atoms with Gasteiger partial charge in [0.1, 0.15) is 16.8 Å². The zero-order chi connectivity index (χ0) is 20.7. The normalized spacial score (nSPS) is 16.7. The molecule has 0 radical (unpaired) electrons. The molecule has 1 aliphatic carbocycles. The van der Waals surface area contributed by atoms with Crippen LogP contribution in [0.25, 0.3) is 0 Å². The second-order valence-corrected chi connectivity index (χ2v) is 9.17. The van der Waals surface area contributed by atoms with Gasteiger partial charge in [-0.15, -0.1) is 0 Å². The summed E-state index contributed by atoms with van der Waals surface area (Å²) >= 11 is 0. The third kappa shape index (κ3) is 6.11. The maximum atomic E-state index is 14.1. The third-order valence-electron chi connectivity index (χ3n) is 5.22. The molecule has 0 spiro atoms. The molecule has 1 aliphatic rings. The molecule has 0 aliphatic heterocycles. The van der Waals surface area contributed by atoms with Crippen LogP contribution < -0.4 is 10.0 Å². The summed E-state index contributed by atoms with van der Waals surface area (Å²) in [5.74, 6) is -1.22. The molecule has 1 fully saturated rings. The lowest BCUT2D eigenvalue weighted by atomic mass is 10.0. The fourth-order valence-corrected chi connectivity index (χ4v) is 4.95. The molecule has 1 atom stereocenters. The van der Waals surface area contributed by atoms with Crippen molar-refractivity contribution >= 4 is 15.9 Å². The zero-order valence-electron chi connectivity index (χ0n) is 16.3. The number of rotatable bonds is 7. The second-order valence-electron chi connectivity index (χ2n) is 7.49. The van der Waals surface area contributed by atoms with Crippen molar-refractivity contribution in [3.05, 3.63) is 66.0 Å². The van der Waals surface area contributed by atoms with Gasteiger partial charge in [0.25, 0.3) is 0 Å². The van der Waals surface area contributed by atoms with E-state index in [0.717, 1.165) is 50.2 Å². The highest BCUT2D eigenvalue weighted by Gasteiger charge is 2.29. The average molecular weight is 419 g/mol. The van der Waals surface area contributed by atoms with Crippen molar-refractivity contribution in [3.63, 3.8) is 0 Å². The topological polar surface area (TPSA) is 75.3 Å². The first-order chi connectivity index (χ1) is 14.0. The van der Waals surface area contributed by atoms with E-state index in [1.165, 1.54) is 18.2 Å². The SMILES string of the molecule is O=C(NC1CCCCCC1)C(Cc1ccccc1)NS(=O)(=O)c1ccccc1F. The van der Waals surface area contributed by atoms with E-state index in [1.54, 1.807) is 0 Å². The van der Waals surface area contributed by atoms with Crippen molar-refractivity contribution in [2.45, 2.75) is 61.9 Å². The van der Waals surface area contributed by atoms with Gasteiger partial charge >= 0.3 is 0 Å². The summed E-state index contributed by atoms with van der Waals surface area (Å²) in [5.41, 5.74) is 0.824. The highest BCUT2D eigenvalue weighted by Crippen LogP contribution is 2.18. The van der Waals surface area contributed by atoms with Gasteiger partial charge < -0.3 is 5.32 Å². The van der Waals surface area contributed by atoms with Gasteiger partial charge in [-0.1, -0.05) is 68.1 Å². The molecule has 2 aromatic rings. The molecule has 3 rings (SSSR count). The maximum Gasteiger partial charge on any atom is 0.244 e. The number of hydrogen-bond donors (Lipinski definition) is 2. The molecular formula is C22H27FN2O3S. The van der Waals surface area contributed by atoms with Crippen LogP contribution in [0.1, 0.15) is 44.1 Å². The lowest BCUT2D eigenvalue weighted by Gasteiger charge is -2.23. The van der Waals surface area contributed by atoms with Crippen molar-refractivity contribution in [2.75, 3.05) is 0 Å². The van der Waals surface area contributed by atoms with Gasteiger partial charge in [-0.2, -0.15) is 4.72 Å². The molecule has 1 saturated carbocycles. The van der Waals surface area contributed by atoms with Crippen molar-refractivity contribution in [1.29, 1.82) is 0 Å². The van der Waals surface area contributed by atoms with E-state index >= 15 is 0 Å². The van der Waals surface area contributed by atoms with E-state index < -0.39 is 26.8 Å². The Bertz CT molecular complexity index is 911. The highest BCUT2D eigenvalue weighted by molar-refractivity contribution is 7.89. The minimum Gasteiger partial charge on any atom is -0.352 e. The van der Waals surface area contributed by atoms with Crippen LogP contribution in [0.15, 0.2) is 59.5 Å². The Balaban J connectivity index is 1.80. The Morgan fingerprint density at radius 2 is 1.59 bits per heavy atom. The van der Waals surface area contributed by atoms with Gasteiger partial charge in [0, 0.05) is 6.04 Å². The monoisotopic (exact) mass is 418 g/mol. The van der Waals surface area contributed by atoms with Gasteiger partial charge in [0.05, 0.1) is 0 Å². The molecule has 5 nitrogen and oxygen atoms in total. The van der Waals surface area contributed by atoms with Gasteiger partial charge in [0.15, 0.2) is 0 Å². The van der Waals surface area contributed by atoms with Gasteiger partial charge in [0.2, 0.25) is 15.9 Å². The number of halogens is 1. The number of benzene rings is 2. The molecule has 2 N–H and O–H groups in total. The van der Waals surface area contributed by atoms with Gasteiger partial charge in [-0.3, -0.25) is 4.79 Å². The quantitative estimate of drug-likeness (QED) is 0.675. The van der Waals surface area contributed by atoms with Crippen molar-refractivity contribution in [1.82, 2.24) is 10.0 Å². The molecule has 156 valence electrons. The van der Waals surface area contributed by atoms with E-state index in [1.807, 2.05) is 30.3 Å². The number of amides is 1. The van der Waals surface area contributed by atoms with Crippen molar-refractivity contribution in [3.8, 4) is 0 Å². The van der Waals surface area contributed by atoms with E-state index in [4.69, 9.17) is 0 Å². The van der Waals surface area contributed by atoms with Crippen LogP contribution in [-0.2, 0) is 21.2 Å². The predicted molar refractivity (Wildman–Crippen MR) is 110 cm³/mol. The Hall–Kier alpha value is -2.25. The summed E-state index contributed by atoms with van der Waals surface area (Å²) in [6, 6.07) is 13.4. The summed E-state index contributed by atoms with van der Waals surface area (Å²) in [7, 11) is -4.19. The lowest BCUT2D eigenvalue weighted by molar-refractivity contribution is -0.123. The fourth-order valence-electron chi connectivity index (χ4n) is 3.68. The predicted octanol–water partition coefficient (Wildman–Crippen LogP) is 3.55. The molecule has 0 aromatic heterocycles. The largest absolute Gasteiger partial charge is 0.352 e. The van der Waals surface area contributed by atoms with E-state index in [0.29, 0.717) is 0 Å². The van der Waals surface area contributed by atoms with Crippen molar-refractivity contribution < 1.29 is 17.6 Å². The number of carbonyl (C=O) groups excluding carboxylic acids is 1. The smallest absolute Gasteiger partial charge is 0.244 e. The van der Waals surface area contributed by atoms with Crippen LogP contribution in [0.2, 0.25) is 0 Å². The number of sulfonamides is 1. The highest BCUT2D eigenvalue weighted by atomic mass is 32.2. The minimum absolute atomic E-state index is 0.0428. The molecule has 7 heteroatoms. The van der Waals surface area contributed by atoms with Crippen LogP contribution in [0.3, 0.4) is 0 Å². The number of carbonyl (C=O) groups is 1. The Morgan fingerprint density at radius 1 is 0.966 bits per heavy atom. The Kier molecular flexibility index (Phi) is 7.39. The molecule has 2 aromatic carbocycles. The van der Waals surface area contributed by atoms with Crippen LogP contribution in [0.5, 0.6) is 0 Å². The van der Waals surface area contributed by atoms with E-state index in [9.17, 15) is 17.6 Å². The summed E-state index contributed by atoms with van der Waals surface area (Å²) < 4.78 is 42.0. The van der Waals surface area contributed by atoms with E-state index in [-0.39, 0.29) is 18.4 Å². The third-order valence-corrected chi connectivity index (χ3v) is 6.73. The Morgan fingerprint density at radius 3 is 2.24 bits per heavy atom. The minimum atomic E-state index is -4.19. The van der Waals surface area contributed by atoms with Gasteiger partial charge in [-0.25, -0.2) is 12.8 Å². The molecule has 0 bridgehead atoms. The molecular weight excluding hydrogens is 391 g/mol. The number of nitrogens with one attached hydrogen (secondary N) is 2. The molecule has 29 heavy (non-hydrogen) atoms. The Labute approximate surface area is 171 Å². The summed E-state index contributed by atoms with van der Waals surface area (Å²) in [4.78, 5) is 12.5. The average Bonchev–Trinajstić information content (AvgIpc) is 2.97. The van der Waals surface area contributed by atoms with Crippen LogP contribution >= 0.6 is 0 Å². The van der Waals surface area contributed by atoms with Gasteiger partial charge in [-0.05, 0) is 37.0 Å². The number of hydrogen-bond acceptors (Lipinski definition) is 3. The van der Waals surface area contributed by atoms with Crippen LogP contribution in [0, 0.1) is 5.82 Å². The summed E-state index contributed by atoms with van der Waals surface area (Å²) in [5, 5.41) is 3.01. The molecule has 1 unspecified atom stereocenters.